The van der Waals surface area contributed by atoms with Crippen LogP contribution < -0.4 is 4.74 Å². The summed E-state index contributed by atoms with van der Waals surface area (Å²) < 4.78 is 25.2. The zero-order valence-electron chi connectivity index (χ0n) is 8.18. The Bertz CT molecular complexity index is 576. The Balaban J connectivity index is 2.81. The average molecular weight is 259 g/mol. The van der Waals surface area contributed by atoms with Gasteiger partial charge in [-0.05, 0) is 6.07 Å². The highest BCUT2D eigenvalue weighted by atomic mass is 35.5. The molecule has 84 valence electrons. The fourth-order valence-corrected chi connectivity index (χ4v) is 2.06. The zero-order chi connectivity index (χ0) is 11.7. The third-order valence-corrected chi connectivity index (χ3v) is 3.06. The van der Waals surface area contributed by atoms with Gasteiger partial charge >= 0.3 is 0 Å². The first-order valence-electron chi connectivity index (χ1n) is 4.22. The molecule has 0 aliphatic heterocycles. The van der Waals surface area contributed by atoms with Crippen molar-refractivity contribution in [3.8, 4) is 5.75 Å². The van der Waals surface area contributed by atoms with Gasteiger partial charge in [-0.15, -0.1) is 0 Å². The van der Waals surface area contributed by atoms with E-state index >= 15 is 0 Å². The van der Waals surface area contributed by atoms with Crippen molar-refractivity contribution in [1.82, 2.24) is 9.97 Å². The third kappa shape index (κ3) is 1.87. The van der Waals surface area contributed by atoms with E-state index in [2.05, 4.69) is 9.97 Å². The fraction of sp³-hybridized carbons (Fsp3) is 0.111. The van der Waals surface area contributed by atoms with Crippen molar-refractivity contribution in [2.75, 3.05) is 7.11 Å². The lowest BCUT2D eigenvalue weighted by atomic mass is 10.2. The van der Waals surface area contributed by atoms with E-state index in [1.807, 2.05) is 0 Å². The van der Waals surface area contributed by atoms with Crippen molar-refractivity contribution < 1.29 is 13.5 Å². The highest BCUT2D eigenvalue weighted by molar-refractivity contribution is 7.79. The fourth-order valence-electron chi connectivity index (χ4n) is 1.33. The molecule has 0 bridgehead atoms. The number of methoxy groups -OCH3 is 1. The highest BCUT2D eigenvalue weighted by Gasteiger charge is 2.12. The third-order valence-electron chi connectivity index (χ3n) is 2.06. The van der Waals surface area contributed by atoms with E-state index in [1.165, 1.54) is 19.5 Å². The molecule has 1 N–H and O–H groups in total. The van der Waals surface area contributed by atoms with Gasteiger partial charge in [-0.25, -0.2) is 14.2 Å². The van der Waals surface area contributed by atoms with Gasteiger partial charge in [0, 0.05) is 11.5 Å². The second-order valence-corrected chi connectivity index (χ2v) is 4.23. The number of fused-ring (bicyclic) bond motifs is 1. The minimum absolute atomic E-state index is 0.145. The molecule has 0 fully saturated rings. The van der Waals surface area contributed by atoms with Crippen LogP contribution in [0.1, 0.15) is 0 Å². The molecule has 2 aromatic rings. The SMILES string of the molecule is COc1cc2ncnc(Cl)c2cc1S(=O)O. The molecule has 5 nitrogen and oxygen atoms in total. The smallest absolute Gasteiger partial charge is 0.190 e. The predicted molar refractivity (Wildman–Crippen MR) is 60.1 cm³/mol. The van der Waals surface area contributed by atoms with Crippen molar-refractivity contribution in [3.63, 3.8) is 0 Å². The van der Waals surface area contributed by atoms with Gasteiger partial charge in [0.15, 0.2) is 11.1 Å². The van der Waals surface area contributed by atoms with E-state index in [1.54, 1.807) is 6.07 Å². The van der Waals surface area contributed by atoms with Gasteiger partial charge in [0.1, 0.15) is 22.1 Å². The summed E-state index contributed by atoms with van der Waals surface area (Å²) in [7, 11) is 1.42. The lowest BCUT2D eigenvalue weighted by Crippen LogP contribution is -1.96. The molecule has 7 heteroatoms. The van der Waals surface area contributed by atoms with Crippen molar-refractivity contribution in [1.29, 1.82) is 0 Å². The summed E-state index contributed by atoms with van der Waals surface area (Å²) in [5, 5.41) is 0.752. The lowest BCUT2D eigenvalue weighted by Gasteiger charge is -2.07. The quantitative estimate of drug-likeness (QED) is 0.658. The van der Waals surface area contributed by atoms with Crippen LogP contribution in [0.25, 0.3) is 10.9 Å². The molecule has 1 aromatic carbocycles. The summed E-state index contributed by atoms with van der Waals surface area (Å²) in [4.78, 5) is 7.94. The van der Waals surface area contributed by atoms with E-state index < -0.39 is 11.1 Å². The summed E-state index contributed by atoms with van der Waals surface area (Å²) in [6.07, 6.45) is 1.32. The minimum atomic E-state index is -2.14. The molecule has 1 heterocycles. The molecule has 1 atom stereocenters. The van der Waals surface area contributed by atoms with Gasteiger partial charge in [0.2, 0.25) is 0 Å². The Morgan fingerprint density at radius 2 is 2.19 bits per heavy atom. The van der Waals surface area contributed by atoms with Gasteiger partial charge < -0.3 is 9.29 Å². The average Bonchev–Trinajstić information content (AvgIpc) is 2.27. The van der Waals surface area contributed by atoms with Crippen LogP contribution in [-0.4, -0.2) is 25.8 Å². The molecule has 0 aliphatic carbocycles. The lowest BCUT2D eigenvalue weighted by molar-refractivity contribution is 0.402. The molecule has 0 saturated carbocycles. The number of hydrogen-bond donors (Lipinski definition) is 1. The van der Waals surface area contributed by atoms with E-state index in [0.29, 0.717) is 16.7 Å². The monoisotopic (exact) mass is 258 g/mol. The van der Waals surface area contributed by atoms with Gasteiger partial charge in [-0.1, -0.05) is 11.6 Å². The summed E-state index contributed by atoms with van der Waals surface area (Å²) >= 11 is 3.71. The van der Waals surface area contributed by atoms with Crippen LogP contribution in [0.2, 0.25) is 5.15 Å². The standard InChI is InChI=1S/C9H7ClN2O3S/c1-15-7-3-6-5(2-8(7)16(13)14)9(10)12-4-11-6/h2-4H,1H3,(H,13,14). The van der Waals surface area contributed by atoms with E-state index in [-0.39, 0.29) is 10.0 Å². The van der Waals surface area contributed by atoms with Crippen molar-refractivity contribution in [3.05, 3.63) is 23.6 Å². The topological polar surface area (TPSA) is 72.3 Å². The highest BCUT2D eigenvalue weighted by Crippen LogP contribution is 2.29. The Morgan fingerprint density at radius 1 is 1.44 bits per heavy atom. The van der Waals surface area contributed by atoms with Crippen molar-refractivity contribution in [2.45, 2.75) is 4.90 Å². The van der Waals surface area contributed by atoms with Crippen LogP contribution in [-0.2, 0) is 11.1 Å². The van der Waals surface area contributed by atoms with Crippen LogP contribution in [0.15, 0.2) is 23.4 Å². The molecule has 0 spiro atoms. The second kappa shape index (κ2) is 4.32. The maximum absolute atomic E-state index is 11.1. The van der Waals surface area contributed by atoms with Gasteiger partial charge in [-0.3, -0.25) is 0 Å². The summed E-state index contributed by atoms with van der Waals surface area (Å²) in [5.74, 6) is 0.295. The Hall–Kier alpha value is -1.24. The Kier molecular flexibility index (Phi) is 3.04. The maximum atomic E-state index is 11.1. The van der Waals surface area contributed by atoms with Crippen LogP contribution in [0, 0.1) is 0 Å². The zero-order valence-corrected chi connectivity index (χ0v) is 9.75. The second-order valence-electron chi connectivity index (χ2n) is 2.93. The Morgan fingerprint density at radius 3 is 2.81 bits per heavy atom. The summed E-state index contributed by atoms with van der Waals surface area (Å²) in [6, 6.07) is 3.00. The number of ether oxygens (including phenoxy) is 1. The first-order chi connectivity index (χ1) is 7.63. The molecular formula is C9H7ClN2O3S. The maximum Gasteiger partial charge on any atom is 0.190 e. The van der Waals surface area contributed by atoms with Gasteiger partial charge in [0.05, 0.1) is 12.6 Å². The first-order valence-corrected chi connectivity index (χ1v) is 5.71. The predicted octanol–water partition coefficient (Wildman–Crippen LogP) is 1.87. The van der Waals surface area contributed by atoms with Crippen LogP contribution in [0.3, 0.4) is 0 Å². The van der Waals surface area contributed by atoms with Gasteiger partial charge in [-0.2, -0.15) is 0 Å². The number of rotatable bonds is 2. The molecule has 0 radical (unpaired) electrons. The van der Waals surface area contributed by atoms with Gasteiger partial charge in [0.25, 0.3) is 0 Å². The first kappa shape index (κ1) is 11.3. The number of benzene rings is 1. The number of hydrogen-bond acceptors (Lipinski definition) is 4. The number of nitrogens with zero attached hydrogens (tertiary/aromatic N) is 2. The minimum Gasteiger partial charge on any atom is -0.495 e. The molecule has 0 aliphatic rings. The molecule has 0 saturated heterocycles. The normalized spacial score (nSPS) is 12.7. The molecule has 16 heavy (non-hydrogen) atoms. The summed E-state index contributed by atoms with van der Waals surface area (Å²) in [5.41, 5.74) is 0.561. The van der Waals surface area contributed by atoms with Crippen molar-refractivity contribution >= 4 is 33.6 Å². The van der Waals surface area contributed by atoms with Crippen LogP contribution >= 0.6 is 11.6 Å². The molecule has 1 aromatic heterocycles. The molecule has 1 unspecified atom stereocenters. The molecule has 2 rings (SSSR count). The molecule has 0 amide bonds. The Labute approximate surface area is 98.7 Å². The number of halogens is 1. The van der Waals surface area contributed by atoms with Crippen molar-refractivity contribution in [2.24, 2.45) is 0 Å². The van der Waals surface area contributed by atoms with Crippen LogP contribution in [0.4, 0.5) is 0 Å². The largest absolute Gasteiger partial charge is 0.495 e. The summed E-state index contributed by atoms with van der Waals surface area (Å²) in [6.45, 7) is 0. The van der Waals surface area contributed by atoms with E-state index in [0.717, 1.165) is 0 Å². The molecular weight excluding hydrogens is 252 g/mol. The van der Waals surface area contributed by atoms with E-state index in [4.69, 9.17) is 20.9 Å². The number of aromatic nitrogens is 2. The van der Waals surface area contributed by atoms with Crippen LogP contribution in [0.5, 0.6) is 5.75 Å². The van der Waals surface area contributed by atoms with E-state index in [9.17, 15) is 4.21 Å².